The van der Waals surface area contributed by atoms with Gasteiger partial charge in [0, 0.05) is 11.9 Å². The molecule has 0 saturated carbocycles. The first kappa shape index (κ1) is 17.2. The van der Waals surface area contributed by atoms with Crippen molar-refractivity contribution in [2.24, 2.45) is 5.92 Å². The zero-order valence-corrected chi connectivity index (χ0v) is 14.4. The van der Waals surface area contributed by atoms with Gasteiger partial charge in [0.15, 0.2) is 0 Å². The van der Waals surface area contributed by atoms with Gasteiger partial charge in [0.2, 0.25) is 5.91 Å². The molecule has 0 aliphatic rings. The van der Waals surface area contributed by atoms with Crippen molar-refractivity contribution >= 4 is 21.8 Å². The van der Waals surface area contributed by atoms with E-state index in [9.17, 15) is 4.79 Å². The minimum Gasteiger partial charge on any atom is -0.355 e. The van der Waals surface area contributed by atoms with E-state index < -0.39 is 5.41 Å². The minimum atomic E-state index is -0.480. The number of hydrogen-bond acceptors (Lipinski definition) is 1. The number of hydrogen-bond donors (Lipinski definition) is 1. The summed E-state index contributed by atoms with van der Waals surface area (Å²) in [5.41, 5.74) is 0.580. The van der Waals surface area contributed by atoms with Crippen LogP contribution in [0.15, 0.2) is 30.3 Å². The first-order chi connectivity index (χ1) is 9.52. The predicted molar refractivity (Wildman–Crippen MR) is 89.3 cm³/mol. The van der Waals surface area contributed by atoms with Crippen LogP contribution in [0.1, 0.15) is 45.6 Å². The molecule has 0 saturated heterocycles. The molecule has 1 atom stereocenters. The largest absolute Gasteiger partial charge is 0.355 e. The van der Waals surface area contributed by atoms with Crippen LogP contribution in [-0.4, -0.2) is 17.8 Å². The highest BCUT2D eigenvalue weighted by Gasteiger charge is 2.29. The number of amides is 1. The summed E-state index contributed by atoms with van der Waals surface area (Å²) in [6.07, 6.45) is 3.44. The van der Waals surface area contributed by atoms with Crippen LogP contribution in [0, 0.1) is 5.92 Å². The Morgan fingerprint density at radius 3 is 2.45 bits per heavy atom. The Kier molecular flexibility index (Phi) is 7.28. The summed E-state index contributed by atoms with van der Waals surface area (Å²) >= 11 is 3.49. The number of halogens is 1. The third kappa shape index (κ3) is 4.93. The molecule has 1 aromatic rings. The molecule has 112 valence electrons. The van der Waals surface area contributed by atoms with Gasteiger partial charge in [-0.1, -0.05) is 59.6 Å². The lowest BCUT2D eigenvalue weighted by atomic mass is 9.83. The van der Waals surface area contributed by atoms with E-state index in [2.05, 4.69) is 28.2 Å². The summed E-state index contributed by atoms with van der Waals surface area (Å²) < 4.78 is 0. The predicted octanol–water partition coefficient (Wildman–Crippen LogP) is 4.28. The van der Waals surface area contributed by atoms with Gasteiger partial charge in [0.1, 0.15) is 0 Å². The molecule has 3 heteroatoms. The Balaban J connectivity index is 2.61. The minimum absolute atomic E-state index is 0.111. The SMILES string of the molecule is CCCC(CCBr)CNC(=O)C(C)(C)c1ccccc1. The second-order valence-corrected chi connectivity index (χ2v) is 6.63. The van der Waals surface area contributed by atoms with Crippen molar-refractivity contribution in [1.29, 1.82) is 0 Å². The molecule has 1 unspecified atom stereocenters. The van der Waals surface area contributed by atoms with E-state index in [1.165, 1.54) is 0 Å². The maximum atomic E-state index is 12.5. The van der Waals surface area contributed by atoms with Gasteiger partial charge in [-0.15, -0.1) is 0 Å². The van der Waals surface area contributed by atoms with E-state index in [0.29, 0.717) is 5.92 Å². The number of benzene rings is 1. The Labute approximate surface area is 131 Å². The van der Waals surface area contributed by atoms with Crippen molar-refractivity contribution in [3.8, 4) is 0 Å². The fourth-order valence-corrected chi connectivity index (χ4v) is 3.00. The van der Waals surface area contributed by atoms with Crippen LogP contribution in [0.4, 0.5) is 0 Å². The van der Waals surface area contributed by atoms with E-state index in [-0.39, 0.29) is 5.91 Å². The molecule has 1 aromatic carbocycles. The third-order valence-corrected chi connectivity index (χ3v) is 4.29. The molecule has 1 N–H and O–H groups in total. The smallest absolute Gasteiger partial charge is 0.230 e. The summed E-state index contributed by atoms with van der Waals surface area (Å²) in [7, 11) is 0. The number of carbonyl (C=O) groups is 1. The van der Waals surface area contributed by atoms with Crippen LogP contribution in [0.25, 0.3) is 0 Å². The Bertz CT molecular complexity index is 397. The van der Waals surface area contributed by atoms with Gasteiger partial charge in [-0.3, -0.25) is 4.79 Å². The van der Waals surface area contributed by atoms with E-state index in [4.69, 9.17) is 0 Å². The second kappa shape index (κ2) is 8.46. The lowest BCUT2D eigenvalue weighted by Gasteiger charge is -2.26. The van der Waals surface area contributed by atoms with E-state index in [0.717, 1.165) is 36.7 Å². The molecular weight excluding hydrogens is 314 g/mol. The molecule has 0 radical (unpaired) electrons. The highest BCUT2D eigenvalue weighted by Crippen LogP contribution is 2.23. The maximum absolute atomic E-state index is 12.5. The van der Waals surface area contributed by atoms with Gasteiger partial charge in [0.25, 0.3) is 0 Å². The second-order valence-electron chi connectivity index (χ2n) is 5.83. The Hall–Kier alpha value is -0.830. The molecule has 0 heterocycles. The average Bonchev–Trinajstić information content (AvgIpc) is 2.45. The van der Waals surface area contributed by atoms with E-state index >= 15 is 0 Å². The van der Waals surface area contributed by atoms with Gasteiger partial charge in [-0.2, -0.15) is 0 Å². The first-order valence-electron chi connectivity index (χ1n) is 7.42. The van der Waals surface area contributed by atoms with Crippen molar-refractivity contribution in [3.63, 3.8) is 0 Å². The molecule has 1 amide bonds. The van der Waals surface area contributed by atoms with Gasteiger partial charge >= 0.3 is 0 Å². The monoisotopic (exact) mass is 339 g/mol. The fraction of sp³-hybridized carbons (Fsp3) is 0.588. The molecule has 0 aliphatic carbocycles. The average molecular weight is 340 g/mol. The van der Waals surface area contributed by atoms with E-state index in [1.807, 2.05) is 44.2 Å². The first-order valence-corrected chi connectivity index (χ1v) is 8.54. The highest BCUT2D eigenvalue weighted by molar-refractivity contribution is 9.09. The van der Waals surface area contributed by atoms with Gasteiger partial charge in [0.05, 0.1) is 5.41 Å². The number of alkyl halides is 1. The van der Waals surface area contributed by atoms with E-state index in [1.54, 1.807) is 0 Å². The third-order valence-electron chi connectivity index (χ3n) is 3.83. The van der Waals surface area contributed by atoms with Crippen LogP contribution in [0.5, 0.6) is 0 Å². The maximum Gasteiger partial charge on any atom is 0.230 e. The quantitative estimate of drug-likeness (QED) is 0.703. The zero-order chi connectivity index (χ0) is 15.0. The molecule has 0 fully saturated rings. The number of carbonyl (C=O) groups excluding carboxylic acids is 1. The van der Waals surface area contributed by atoms with Crippen molar-refractivity contribution in [2.45, 2.75) is 45.4 Å². The van der Waals surface area contributed by atoms with Gasteiger partial charge in [-0.25, -0.2) is 0 Å². The summed E-state index contributed by atoms with van der Waals surface area (Å²) in [4.78, 5) is 12.5. The van der Waals surface area contributed by atoms with Crippen LogP contribution in [0.2, 0.25) is 0 Å². The van der Waals surface area contributed by atoms with Gasteiger partial charge in [-0.05, 0) is 38.2 Å². The number of nitrogens with one attached hydrogen (secondary N) is 1. The van der Waals surface area contributed by atoms with Crippen molar-refractivity contribution in [3.05, 3.63) is 35.9 Å². The summed E-state index contributed by atoms with van der Waals surface area (Å²) in [5, 5.41) is 4.13. The van der Waals surface area contributed by atoms with Crippen molar-refractivity contribution in [2.75, 3.05) is 11.9 Å². The molecule has 0 bridgehead atoms. The molecule has 2 nitrogen and oxygen atoms in total. The number of rotatable bonds is 8. The van der Waals surface area contributed by atoms with Crippen molar-refractivity contribution in [1.82, 2.24) is 5.32 Å². The van der Waals surface area contributed by atoms with Crippen LogP contribution in [0.3, 0.4) is 0 Å². The lowest BCUT2D eigenvalue weighted by Crippen LogP contribution is -2.42. The molecular formula is C17H26BrNO. The Morgan fingerprint density at radius 1 is 1.25 bits per heavy atom. The lowest BCUT2D eigenvalue weighted by molar-refractivity contribution is -0.125. The Morgan fingerprint density at radius 2 is 1.90 bits per heavy atom. The van der Waals surface area contributed by atoms with Gasteiger partial charge < -0.3 is 5.32 Å². The normalized spacial score (nSPS) is 13.0. The topological polar surface area (TPSA) is 29.1 Å². The standard InChI is InChI=1S/C17H26BrNO/c1-4-8-14(11-12-18)13-19-16(20)17(2,3)15-9-6-5-7-10-15/h5-7,9-10,14H,4,8,11-13H2,1-3H3,(H,19,20). The molecule has 1 rings (SSSR count). The van der Waals surface area contributed by atoms with Crippen LogP contribution in [-0.2, 0) is 10.2 Å². The molecule has 0 spiro atoms. The summed E-state index contributed by atoms with van der Waals surface area (Å²) in [5.74, 6) is 0.675. The molecule has 20 heavy (non-hydrogen) atoms. The highest BCUT2D eigenvalue weighted by atomic mass is 79.9. The molecule has 0 aromatic heterocycles. The summed E-state index contributed by atoms with van der Waals surface area (Å²) in [6, 6.07) is 9.97. The van der Waals surface area contributed by atoms with Crippen LogP contribution >= 0.6 is 15.9 Å². The fourth-order valence-electron chi connectivity index (χ4n) is 2.35. The van der Waals surface area contributed by atoms with Crippen molar-refractivity contribution < 1.29 is 4.79 Å². The molecule has 0 aliphatic heterocycles. The summed E-state index contributed by atoms with van der Waals surface area (Å²) in [6.45, 7) is 6.93. The van der Waals surface area contributed by atoms with Crippen LogP contribution < -0.4 is 5.32 Å². The zero-order valence-electron chi connectivity index (χ0n) is 12.8.